The van der Waals surface area contributed by atoms with Crippen molar-refractivity contribution in [3.63, 3.8) is 0 Å². The van der Waals surface area contributed by atoms with Crippen molar-refractivity contribution in [2.75, 3.05) is 0 Å². The highest BCUT2D eigenvalue weighted by molar-refractivity contribution is 6.36. The van der Waals surface area contributed by atoms with Crippen molar-refractivity contribution >= 4 is 55.0 Å². The SMILES string of the molecule is c1ccc(-c2cccc(C3=NC(c4ccc5oc6cccc7c8ccccc8c4c5c67)=NC4c5ccccc5OC34)c2)cc1. The van der Waals surface area contributed by atoms with E-state index < -0.39 is 0 Å². The second-order valence-electron chi connectivity index (χ2n) is 11.6. The van der Waals surface area contributed by atoms with E-state index in [0.29, 0.717) is 5.84 Å². The van der Waals surface area contributed by atoms with Crippen LogP contribution in [0.15, 0.2) is 148 Å². The van der Waals surface area contributed by atoms with Gasteiger partial charge in [0.2, 0.25) is 0 Å². The number of nitrogens with zero attached hydrogens (tertiary/aromatic N) is 2. The minimum atomic E-state index is -0.309. The van der Waals surface area contributed by atoms with Crippen molar-refractivity contribution in [1.29, 1.82) is 0 Å². The molecule has 2 atom stereocenters. The zero-order valence-electron chi connectivity index (χ0n) is 23.6. The van der Waals surface area contributed by atoms with Crippen molar-refractivity contribution in [3.05, 3.63) is 150 Å². The first-order valence-corrected chi connectivity index (χ1v) is 15.0. The van der Waals surface area contributed by atoms with Crippen LogP contribution in [0.2, 0.25) is 0 Å². The van der Waals surface area contributed by atoms with E-state index >= 15 is 0 Å². The lowest BCUT2D eigenvalue weighted by Crippen LogP contribution is -2.34. The Balaban J connectivity index is 1.26. The first kappa shape index (κ1) is 23.8. The Morgan fingerprint density at radius 3 is 2.16 bits per heavy atom. The average Bonchev–Trinajstić information content (AvgIpc) is 3.67. The molecule has 4 heteroatoms. The molecule has 2 aliphatic heterocycles. The summed E-state index contributed by atoms with van der Waals surface area (Å²) in [4.78, 5) is 10.7. The fourth-order valence-electron chi connectivity index (χ4n) is 7.26. The number of para-hydroxylation sites is 1. The molecule has 2 aliphatic rings. The van der Waals surface area contributed by atoms with Crippen molar-refractivity contribution < 1.29 is 9.15 Å². The summed E-state index contributed by atoms with van der Waals surface area (Å²) in [5, 5.41) is 6.98. The van der Waals surface area contributed by atoms with E-state index in [1.807, 2.05) is 18.2 Å². The number of hydrogen-bond donors (Lipinski definition) is 0. The molecule has 8 aromatic rings. The summed E-state index contributed by atoms with van der Waals surface area (Å²) in [6.07, 6.45) is -0.309. The van der Waals surface area contributed by atoms with Gasteiger partial charge in [-0.05, 0) is 57.6 Å². The molecule has 0 saturated heterocycles. The molecular weight excluding hydrogens is 540 g/mol. The maximum Gasteiger partial charge on any atom is 0.168 e. The lowest BCUT2D eigenvalue weighted by Gasteiger charge is -2.25. The third kappa shape index (κ3) is 3.28. The van der Waals surface area contributed by atoms with Gasteiger partial charge in [-0.1, -0.05) is 103 Å². The number of rotatable bonds is 3. The smallest absolute Gasteiger partial charge is 0.168 e. The molecule has 0 saturated carbocycles. The minimum Gasteiger partial charge on any atom is -0.481 e. The standard InChI is InChI=1S/C40H24N2O2/c1-2-10-23(11-3-1)24-12-8-13-25(22-24)37-39-38(29-16-6-7-18-31(29)44-39)42-40(41-37)30-20-21-33-36-34(30)27-15-5-4-14-26(27)28-17-9-19-32(43-33)35(28)36/h1-22,38-39H. The highest BCUT2D eigenvalue weighted by atomic mass is 16.5. The van der Waals surface area contributed by atoms with E-state index in [1.165, 1.54) is 21.7 Å². The normalized spacial score (nSPS) is 17.5. The maximum atomic E-state index is 6.59. The molecule has 44 heavy (non-hydrogen) atoms. The van der Waals surface area contributed by atoms with Gasteiger partial charge in [0.1, 0.15) is 23.0 Å². The fraction of sp³-hybridized carbons (Fsp3) is 0.0500. The van der Waals surface area contributed by atoms with Gasteiger partial charge in [-0.15, -0.1) is 0 Å². The molecule has 0 amide bonds. The number of hydrogen-bond acceptors (Lipinski definition) is 4. The van der Waals surface area contributed by atoms with Crippen molar-refractivity contribution in [1.82, 2.24) is 0 Å². The Labute approximate surface area is 252 Å². The van der Waals surface area contributed by atoms with E-state index in [2.05, 4.69) is 115 Å². The van der Waals surface area contributed by atoms with Gasteiger partial charge in [0.05, 0.1) is 5.71 Å². The van der Waals surface area contributed by atoms with E-state index in [0.717, 1.165) is 61.0 Å². The maximum absolute atomic E-state index is 6.59. The van der Waals surface area contributed by atoms with Crippen LogP contribution in [0.4, 0.5) is 0 Å². The minimum absolute atomic E-state index is 0.201. The van der Waals surface area contributed by atoms with Gasteiger partial charge in [-0.25, -0.2) is 4.99 Å². The largest absolute Gasteiger partial charge is 0.481 e. The predicted octanol–water partition coefficient (Wildman–Crippen LogP) is 9.75. The summed E-state index contributed by atoms with van der Waals surface area (Å²) in [6, 6.07) is 46.3. The van der Waals surface area contributed by atoms with E-state index in [-0.39, 0.29) is 12.1 Å². The summed E-state index contributed by atoms with van der Waals surface area (Å²) < 4.78 is 13.0. The van der Waals surface area contributed by atoms with Gasteiger partial charge in [0.15, 0.2) is 11.9 Å². The molecule has 206 valence electrons. The van der Waals surface area contributed by atoms with Crippen LogP contribution in [-0.2, 0) is 0 Å². The zero-order chi connectivity index (χ0) is 28.8. The summed E-state index contributed by atoms with van der Waals surface area (Å²) in [5.41, 5.74) is 8.11. The second-order valence-corrected chi connectivity index (χ2v) is 11.6. The zero-order valence-corrected chi connectivity index (χ0v) is 23.6. The molecule has 0 fully saturated rings. The number of fused-ring (bicyclic) bond motifs is 6. The molecule has 1 aromatic heterocycles. The Kier molecular flexibility index (Phi) is 4.80. The molecule has 10 rings (SSSR count). The Morgan fingerprint density at radius 2 is 1.23 bits per heavy atom. The molecule has 2 unspecified atom stereocenters. The summed E-state index contributed by atoms with van der Waals surface area (Å²) >= 11 is 0. The van der Waals surface area contributed by atoms with Crippen LogP contribution in [0.1, 0.15) is 22.7 Å². The quantitative estimate of drug-likeness (QED) is 0.201. The Bertz CT molecular complexity index is 2490. The highest BCUT2D eigenvalue weighted by Gasteiger charge is 2.41. The van der Waals surface area contributed by atoms with Crippen LogP contribution in [0.3, 0.4) is 0 Å². The topological polar surface area (TPSA) is 47.1 Å². The first-order valence-electron chi connectivity index (χ1n) is 15.0. The van der Waals surface area contributed by atoms with Gasteiger partial charge in [0.25, 0.3) is 0 Å². The van der Waals surface area contributed by atoms with Gasteiger partial charge in [-0.2, -0.15) is 0 Å². The molecule has 0 N–H and O–H groups in total. The van der Waals surface area contributed by atoms with Crippen LogP contribution in [0.5, 0.6) is 5.75 Å². The van der Waals surface area contributed by atoms with E-state index in [4.69, 9.17) is 19.1 Å². The summed E-state index contributed by atoms with van der Waals surface area (Å²) in [5.74, 6) is 1.58. The molecule has 0 spiro atoms. The van der Waals surface area contributed by atoms with Crippen LogP contribution in [0.25, 0.3) is 54.6 Å². The molecule has 0 aliphatic carbocycles. The number of benzene rings is 7. The van der Waals surface area contributed by atoms with Gasteiger partial charge in [-0.3, -0.25) is 4.99 Å². The lowest BCUT2D eigenvalue weighted by atomic mass is 9.90. The van der Waals surface area contributed by atoms with E-state index in [9.17, 15) is 0 Å². The van der Waals surface area contributed by atoms with Crippen LogP contribution in [-0.4, -0.2) is 17.7 Å². The van der Waals surface area contributed by atoms with Gasteiger partial charge >= 0.3 is 0 Å². The third-order valence-corrected chi connectivity index (χ3v) is 9.19. The van der Waals surface area contributed by atoms with Crippen molar-refractivity contribution in [2.45, 2.75) is 12.1 Å². The number of aliphatic imine (C=N–C) groups is 2. The van der Waals surface area contributed by atoms with Gasteiger partial charge in [0, 0.05) is 32.8 Å². The predicted molar refractivity (Wildman–Crippen MR) is 178 cm³/mol. The molecule has 0 bridgehead atoms. The molecular formula is C40H24N2O2. The molecule has 0 radical (unpaired) electrons. The van der Waals surface area contributed by atoms with Crippen molar-refractivity contribution in [3.8, 4) is 16.9 Å². The first-order chi connectivity index (χ1) is 21.8. The van der Waals surface area contributed by atoms with Crippen LogP contribution >= 0.6 is 0 Å². The van der Waals surface area contributed by atoms with E-state index in [1.54, 1.807) is 0 Å². The van der Waals surface area contributed by atoms with Gasteiger partial charge < -0.3 is 9.15 Å². The third-order valence-electron chi connectivity index (χ3n) is 9.19. The van der Waals surface area contributed by atoms with Crippen molar-refractivity contribution in [2.24, 2.45) is 9.98 Å². The summed E-state index contributed by atoms with van der Waals surface area (Å²) in [7, 11) is 0. The van der Waals surface area contributed by atoms with Crippen LogP contribution < -0.4 is 4.74 Å². The number of amidine groups is 1. The monoisotopic (exact) mass is 564 g/mol. The Hall–Kier alpha value is -5.74. The molecule has 3 heterocycles. The summed E-state index contributed by atoms with van der Waals surface area (Å²) in [6.45, 7) is 0. The lowest BCUT2D eigenvalue weighted by molar-refractivity contribution is 0.275. The Morgan fingerprint density at radius 1 is 0.523 bits per heavy atom. The number of furan rings is 1. The molecule has 4 nitrogen and oxygen atoms in total. The fourth-order valence-corrected chi connectivity index (χ4v) is 7.26. The highest BCUT2D eigenvalue weighted by Crippen LogP contribution is 2.46. The number of ether oxygens (including phenoxy) is 1. The van der Waals surface area contributed by atoms with Crippen LogP contribution in [0, 0.1) is 0 Å². The molecule has 7 aromatic carbocycles. The average molecular weight is 565 g/mol. The second kappa shape index (κ2) is 8.88.